The third-order valence-corrected chi connectivity index (χ3v) is 4.30. The maximum absolute atomic E-state index is 12.8. The van der Waals surface area contributed by atoms with E-state index in [0.717, 1.165) is 0 Å². The zero-order valence-corrected chi connectivity index (χ0v) is 13.6. The summed E-state index contributed by atoms with van der Waals surface area (Å²) in [5.74, 6) is -2.08. The fraction of sp³-hybridized carbons (Fsp3) is 0.294. The van der Waals surface area contributed by atoms with Crippen molar-refractivity contribution in [1.29, 1.82) is 0 Å². The van der Waals surface area contributed by atoms with Gasteiger partial charge in [-0.2, -0.15) is 0 Å². The molecule has 7 nitrogen and oxygen atoms in total. The average Bonchev–Trinajstić information content (AvgIpc) is 2.63. The van der Waals surface area contributed by atoms with E-state index in [1.165, 1.54) is 9.47 Å². The van der Waals surface area contributed by atoms with Gasteiger partial charge in [0.2, 0.25) is 5.91 Å². The van der Waals surface area contributed by atoms with Crippen molar-refractivity contribution in [3.63, 3.8) is 0 Å². The van der Waals surface area contributed by atoms with Gasteiger partial charge in [0, 0.05) is 24.4 Å². The Balaban J connectivity index is 2.43. The van der Waals surface area contributed by atoms with Crippen molar-refractivity contribution in [2.24, 2.45) is 7.05 Å². The Kier molecular flexibility index (Phi) is 3.71. The number of anilines is 1. The first-order valence-corrected chi connectivity index (χ1v) is 7.52. The Bertz CT molecular complexity index is 917. The molecule has 0 aliphatic carbocycles. The standard InChI is InChI=1S/C17H17N3O4/c1-9-7-12-15(19(3)16(9)23)11-5-4-6-18-14(11)10(2)17(24)20(12)8-13(21)22/h4-7,10H,8H2,1-3H3,(H,21,22). The number of carbonyl (C=O) groups excluding carboxylic acids is 1. The van der Waals surface area contributed by atoms with Crippen LogP contribution in [0.4, 0.5) is 5.69 Å². The van der Waals surface area contributed by atoms with Crippen LogP contribution in [0, 0.1) is 6.92 Å². The maximum atomic E-state index is 12.8. The maximum Gasteiger partial charge on any atom is 0.323 e. The topological polar surface area (TPSA) is 92.5 Å². The van der Waals surface area contributed by atoms with E-state index in [9.17, 15) is 19.5 Å². The van der Waals surface area contributed by atoms with Crippen LogP contribution >= 0.6 is 0 Å². The number of aryl methyl sites for hydroxylation is 1. The number of pyridine rings is 2. The molecule has 0 bridgehead atoms. The molecule has 0 aromatic carbocycles. The minimum Gasteiger partial charge on any atom is -0.480 e. The van der Waals surface area contributed by atoms with Gasteiger partial charge in [-0.15, -0.1) is 0 Å². The number of carboxylic acids is 1. The lowest BCUT2D eigenvalue weighted by atomic mass is 10.00. The molecular weight excluding hydrogens is 310 g/mol. The van der Waals surface area contributed by atoms with Crippen LogP contribution in [-0.4, -0.2) is 33.1 Å². The first-order valence-electron chi connectivity index (χ1n) is 7.52. The molecule has 1 atom stereocenters. The van der Waals surface area contributed by atoms with Crippen molar-refractivity contribution in [2.75, 3.05) is 11.4 Å². The molecule has 1 aliphatic rings. The first-order chi connectivity index (χ1) is 11.3. The van der Waals surface area contributed by atoms with Gasteiger partial charge < -0.3 is 9.67 Å². The molecule has 7 heteroatoms. The van der Waals surface area contributed by atoms with Crippen molar-refractivity contribution in [3.8, 4) is 11.3 Å². The minimum absolute atomic E-state index is 0.194. The summed E-state index contributed by atoms with van der Waals surface area (Å²) < 4.78 is 1.45. The van der Waals surface area contributed by atoms with E-state index in [0.29, 0.717) is 28.2 Å². The van der Waals surface area contributed by atoms with Gasteiger partial charge in [-0.25, -0.2) is 0 Å². The molecule has 0 fully saturated rings. The minimum atomic E-state index is -1.12. The van der Waals surface area contributed by atoms with E-state index < -0.39 is 18.4 Å². The molecule has 2 aromatic rings. The van der Waals surface area contributed by atoms with Crippen LogP contribution in [0.25, 0.3) is 11.3 Å². The van der Waals surface area contributed by atoms with Crippen molar-refractivity contribution in [2.45, 2.75) is 19.8 Å². The number of amides is 1. The van der Waals surface area contributed by atoms with Crippen LogP contribution in [0.2, 0.25) is 0 Å². The second-order valence-electron chi connectivity index (χ2n) is 5.90. The number of nitrogens with zero attached hydrogens (tertiary/aromatic N) is 3. The fourth-order valence-electron chi connectivity index (χ4n) is 3.13. The number of aromatic nitrogens is 2. The van der Waals surface area contributed by atoms with Gasteiger partial charge in [0.1, 0.15) is 6.54 Å². The fourth-order valence-corrected chi connectivity index (χ4v) is 3.13. The molecule has 24 heavy (non-hydrogen) atoms. The first kappa shape index (κ1) is 15.9. The lowest BCUT2D eigenvalue weighted by Crippen LogP contribution is -2.38. The van der Waals surface area contributed by atoms with E-state index >= 15 is 0 Å². The highest BCUT2D eigenvalue weighted by Crippen LogP contribution is 2.39. The zero-order chi connectivity index (χ0) is 17.6. The summed E-state index contributed by atoms with van der Waals surface area (Å²) in [5, 5.41) is 9.22. The molecule has 3 heterocycles. The van der Waals surface area contributed by atoms with E-state index in [1.54, 1.807) is 45.3 Å². The molecule has 3 rings (SSSR count). The summed E-state index contributed by atoms with van der Waals surface area (Å²) in [6.45, 7) is 2.87. The summed E-state index contributed by atoms with van der Waals surface area (Å²) >= 11 is 0. The van der Waals surface area contributed by atoms with Crippen molar-refractivity contribution >= 4 is 17.6 Å². The Morgan fingerprint density at radius 2 is 2.08 bits per heavy atom. The van der Waals surface area contributed by atoms with Gasteiger partial charge in [-0.3, -0.25) is 24.3 Å². The molecule has 0 radical (unpaired) electrons. The number of hydrogen-bond donors (Lipinski definition) is 1. The number of hydrogen-bond acceptors (Lipinski definition) is 4. The highest BCUT2D eigenvalue weighted by Gasteiger charge is 2.34. The quantitative estimate of drug-likeness (QED) is 0.897. The van der Waals surface area contributed by atoms with Crippen LogP contribution in [0.5, 0.6) is 0 Å². The van der Waals surface area contributed by atoms with E-state index in [1.807, 2.05) is 0 Å². The Morgan fingerprint density at radius 3 is 2.75 bits per heavy atom. The second-order valence-corrected chi connectivity index (χ2v) is 5.90. The number of aliphatic carboxylic acids is 1. The zero-order valence-electron chi connectivity index (χ0n) is 13.6. The monoisotopic (exact) mass is 327 g/mol. The largest absolute Gasteiger partial charge is 0.480 e. The van der Waals surface area contributed by atoms with Crippen molar-refractivity contribution < 1.29 is 14.7 Å². The number of rotatable bonds is 2. The number of carboxylic acid groups (broad SMARTS) is 1. The molecule has 0 saturated heterocycles. The molecular formula is C17H17N3O4. The van der Waals surface area contributed by atoms with Gasteiger partial charge in [-0.05, 0) is 32.0 Å². The molecule has 1 aliphatic heterocycles. The van der Waals surface area contributed by atoms with Gasteiger partial charge >= 0.3 is 5.97 Å². The van der Waals surface area contributed by atoms with E-state index in [2.05, 4.69) is 4.98 Å². The normalized spacial score (nSPS) is 16.4. The van der Waals surface area contributed by atoms with Crippen molar-refractivity contribution in [1.82, 2.24) is 9.55 Å². The number of fused-ring (bicyclic) bond motifs is 3. The molecule has 1 unspecified atom stereocenters. The second kappa shape index (κ2) is 5.59. The van der Waals surface area contributed by atoms with Crippen LogP contribution in [0.1, 0.15) is 24.1 Å². The highest BCUT2D eigenvalue weighted by molar-refractivity contribution is 6.06. The van der Waals surface area contributed by atoms with Gasteiger partial charge in [0.25, 0.3) is 5.56 Å². The SMILES string of the molecule is Cc1cc2c(n(C)c1=O)-c1cccnc1C(C)C(=O)N2CC(=O)O. The molecule has 1 amide bonds. The summed E-state index contributed by atoms with van der Waals surface area (Å²) in [7, 11) is 1.62. The van der Waals surface area contributed by atoms with Crippen LogP contribution < -0.4 is 10.5 Å². The van der Waals surface area contributed by atoms with Crippen molar-refractivity contribution in [3.05, 3.63) is 46.0 Å². The lowest BCUT2D eigenvalue weighted by Gasteiger charge is -2.24. The van der Waals surface area contributed by atoms with E-state index in [4.69, 9.17) is 0 Å². The Hall–Kier alpha value is -2.96. The summed E-state index contributed by atoms with van der Waals surface area (Å²) in [6.07, 6.45) is 1.58. The van der Waals surface area contributed by atoms with Crippen LogP contribution in [0.15, 0.2) is 29.2 Å². The van der Waals surface area contributed by atoms with Gasteiger partial charge in [-0.1, -0.05) is 0 Å². The predicted octanol–water partition coefficient (Wildman–Crippen LogP) is 1.29. The Morgan fingerprint density at radius 1 is 1.38 bits per heavy atom. The molecule has 1 N–H and O–H groups in total. The summed E-state index contributed by atoms with van der Waals surface area (Å²) in [5.41, 5.74) is 2.38. The molecule has 2 aromatic heterocycles. The predicted molar refractivity (Wildman–Crippen MR) is 88.1 cm³/mol. The average molecular weight is 327 g/mol. The van der Waals surface area contributed by atoms with Crippen LogP contribution in [0.3, 0.4) is 0 Å². The number of carbonyl (C=O) groups is 2. The molecule has 0 saturated carbocycles. The summed E-state index contributed by atoms with van der Waals surface area (Å²) in [6, 6.07) is 5.11. The third-order valence-electron chi connectivity index (χ3n) is 4.30. The van der Waals surface area contributed by atoms with E-state index in [-0.39, 0.29) is 11.5 Å². The lowest BCUT2D eigenvalue weighted by molar-refractivity contribution is -0.136. The summed E-state index contributed by atoms with van der Waals surface area (Å²) in [4.78, 5) is 42.0. The Labute approximate surface area is 138 Å². The van der Waals surface area contributed by atoms with Crippen LogP contribution in [-0.2, 0) is 16.6 Å². The third kappa shape index (κ3) is 2.29. The van der Waals surface area contributed by atoms with Gasteiger partial charge in [0.05, 0.1) is 23.0 Å². The smallest absolute Gasteiger partial charge is 0.323 e. The highest BCUT2D eigenvalue weighted by atomic mass is 16.4. The van der Waals surface area contributed by atoms with Gasteiger partial charge in [0.15, 0.2) is 0 Å². The molecule has 124 valence electrons. The molecule has 0 spiro atoms.